The second-order valence-corrected chi connectivity index (χ2v) is 9.03. The van der Waals surface area contributed by atoms with Gasteiger partial charge in [0.05, 0.1) is 5.56 Å². The van der Waals surface area contributed by atoms with Crippen molar-refractivity contribution in [3.05, 3.63) is 70.8 Å². The number of pyridine rings is 1. The van der Waals surface area contributed by atoms with Gasteiger partial charge in [0.15, 0.2) is 0 Å². The minimum atomic E-state index is -0.127. The number of hydrogen-bond acceptors (Lipinski definition) is 6. The predicted octanol–water partition coefficient (Wildman–Crippen LogP) is 5.63. The monoisotopic (exact) mass is 455 g/mol. The molecule has 7 heteroatoms. The first-order chi connectivity index (χ1) is 15.8. The molecule has 33 heavy (non-hydrogen) atoms. The topological polar surface area (TPSA) is 116 Å². The van der Waals surface area contributed by atoms with Crippen LogP contribution in [-0.2, 0) is 4.79 Å². The normalized spacial score (nSPS) is 10.5. The Labute approximate surface area is 198 Å². The molecule has 3 N–H and O–H groups in total. The molecule has 1 heterocycles. The maximum Gasteiger partial charge on any atom is 0.225 e. The molecule has 0 aliphatic rings. The number of hydrogen-bond donors (Lipinski definition) is 2. The van der Waals surface area contributed by atoms with Crippen LogP contribution in [0.1, 0.15) is 48.4 Å². The summed E-state index contributed by atoms with van der Waals surface area (Å²) in [5, 5.41) is 22.9. The van der Waals surface area contributed by atoms with Crippen LogP contribution in [0, 0.1) is 29.6 Å². The van der Waals surface area contributed by atoms with E-state index in [0.29, 0.717) is 27.8 Å². The summed E-state index contributed by atoms with van der Waals surface area (Å²) in [6.45, 7) is 6.17. The fourth-order valence-electron chi connectivity index (χ4n) is 3.41. The lowest BCUT2D eigenvalue weighted by atomic mass is 9.94. The first kappa shape index (κ1) is 23.8. The van der Waals surface area contributed by atoms with Crippen LogP contribution < -0.4 is 11.1 Å². The average Bonchev–Trinajstić information content (AvgIpc) is 2.78. The highest BCUT2D eigenvalue weighted by atomic mass is 32.2. The molecule has 0 saturated heterocycles. The quantitative estimate of drug-likeness (QED) is 0.446. The van der Waals surface area contributed by atoms with Gasteiger partial charge in [-0.3, -0.25) is 4.79 Å². The van der Waals surface area contributed by atoms with E-state index in [-0.39, 0.29) is 23.7 Å². The van der Waals surface area contributed by atoms with Gasteiger partial charge >= 0.3 is 0 Å². The van der Waals surface area contributed by atoms with E-state index in [4.69, 9.17) is 5.73 Å². The van der Waals surface area contributed by atoms with Gasteiger partial charge < -0.3 is 11.1 Å². The number of aryl methyl sites for hydroxylation is 1. The molecule has 166 valence electrons. The summed E-state index contributed by atoms with van der Waals surface area (Å²) >= 11 is 1.28. The minimum absolute atomic E-state index is 0.0751. The van der Waals surface area contributed by atoms with E-state index in [1.54, 1.807) is 0 Å². The minimum Gasteiger partial charge on any atom is -0.383 e. The molecule has 3 aromatic rings. The number of nitriles is 2. The fraction of sp³-hybridized carbons (Fsp3) is 0.231. The number of anilines is 2. The van der Waals surface area contributed by atoms with Crippen LogP contribution in [0.4, 0.5) is 11.5 Å². The smallest absolute Gasteiger partial charge is 0.225 e. The van der Waals surface area contributed by atoms with Gasteiger partial charge in [-0.25, -0.2) is 4.98 Å². The number of nitrogens with one attached hydrogen (secondary N) is 1. The molecule has 0 spiro atoms. The summed E-state index contributed by atoms with van der Waals surface area (Å²) in [6, 6.07) is 19.7. The lowest BCUT2D eigenvalue weighted by Gasteiger charge is -2.14. The molecule has 0 aliphatic carbocycles. The van der Waals surface area contributed by atoms with Crippen molar-refractivity contribution in [1.82, 2.24) is 4.98 Å². The molecule has 0 saturated carbocycles. The van der Waals surface area contributed by atoms with E-state index in [0.717, 1.165) is 22.4 Å². The van der Waals surface area contributed by atoms with Crippen molar-refractivity contribution in [2.75, 3.05) is 16.8 Å². The Kier molecular flexibility index (Phi) is 7.71. The summed E-state index contributed by atoms with van der Waals surface area (Å²) in [6.07, 6.45) is 0.240. The Hall–Kier alpha value is -3.81. The van der Waals surface area contributed by atoms with Crippen LogP contribution in [0.25, 0.3) is 11.1 Å². The Morgan fingerprint density at radius 1 is 1.12 bits per heavy atom. The van der Waals surface area contributed by atoms with Gasteiger partial charge in [-0.1, -0.05) is 50.2 Å². The first-order valence-corrected chi connectivity index (χ1v) is 11.6. The van der Waals surface area contributed by atoms with Gasteiger partial charge in [-0.2, -0.15) is 10.5 Å². The number of rotatable bonds is 7. The van der Waals surface area contributed by atoms with E-state index in [9.17, 15) is 15.3 Å². The second kappa shape index (κ2) is 10.7. The van der Waals surface area contributed by atoms with Crippen molar-refractivity contribution >= 4 is 29.2 Å². The molecule has 6 nitrogen and oxygen atoms in total. The molecule has 0 bridgehead atoms. The highest BCUT2D eigenvalue weighted by Gasteiger charge is 2.21. The number of thioether (sulfide) groups is 1. The van der Waals surface area contributed by atoms with Gasteiger partial charge in [0.1, 0.15) is 28.5 Å². The number of nitrogen functional groups attached to an aromatic ring is 1. The van der Waals surface area contributed by atoms with Crippen molar-refractivity contribution in [3.8, 4) is 23.3 Å². The lowest BCUT2D eigenvalue weighted by molar-refractivity contribution is -0.115. The van der Waals surface area contributed by atoms with Crippen molar-refractivity contribution in [3.63, 3.8) is 0 Å². The molecule has 3 rings (SSSR count). The third-order valence-corrected chi connectivity index (χ3v) is 6.13. The molecule has 1 amide bonds. The van der Waals surface area contributed by atoms with Crippen molar-refractivity contribution in [1.29, 1.82) is 10.5 Å². The third-order valence-electron chi connectivity index (χ3n) is 5.15. The Morgan fingerprint density at radius 2 is 1.82 bits per heavy atom. The number of amides is 1. The highest BCUT2D eigenvalue weighted by molar-refractivity contribution is 7.99. The van der Waals surface area contributed by atoms with E-state index in [1.807, 2.05) is 55.5 Å². The van der Waals surface area contributed by atoms with Gasteiger partial charge in [0, 0.05) is 23.4 Å². The standard InChI is InChI=1S/C26H25N5OS/c1-16(2)18-7-9-19(10-8-18)24-21(14-27)25(29)31-26(22(24)15-28)33-12-11-23(32)30-20-6-4-5-17(3)13-20/h4-10,13,16H,11-12H2,1-3H3,(H2,29,31)(H,30,32). The largest absolute Gasteiger partial charge is 0.383 e. The van der Waals surface area contributed by atoms with Gasteiger partial charge in [-0.15, -0.1) is 11.8 Å². The van der Waals surface area contributed by atoms with Crippen molar-refractivity contribution < 1.29 is 4.79 Å². The lowest BCUT2D eigenvalue weighted by Crippen LogP contribution is -2.12. The summed E-state index contributed by atoms with van der Waals surface area (Å²) < 4.78 is 0. The molecule has 0 fully saturated rings. The molecular formula is C26H25N5OS. The maximum atomic E-state index is 12.3. The number of benzene rings is 2. The zero-order valence-corrected chi connectivity index (χ0v) is 19.7. The first-order valence-electron chi connectivity index (χ1n) is 10.6. The van der Waals surface area contributed by atoms with E-state index >= 15 is 0 Å². The predicted molar refractivity (Wildman–Crippen MR) is 133 cm³/mol. The number of nitrogens with two attached hydrogens (primary N) is 1. The molecule has 0 aliphatic heterocycles. The number of nitrogens with zero attached hydrogens (tertiary/aromatic N) is 3. The van der Waals surface area contributed by atoms with E-state index in [2.05, 4.69) is 36.3 Å². The molecule has 1 aromatic heterocycles. The summed E-state index contributed by atoms with van der Waals surface area (Å²) in [5.41, 5.74) is 10.7. The summed E-state index contributed by atoms with van der Waals surface area (Å²) in [5.74, 6) is 0.726. The molecular weight excluding hydrogens is 430 g/mol. The van der Waals surface area contributed by atoms with Crippen LogP contribution >= 0.6 is 11.8 Å². The number of carbonyl (C=O) groups excluding carboxylic acids is 1. The Morgan fingerprint density at radius 3 is 2.42 bits per heavy atom. The zero-order valence-electron chi connectivity index (χ0n) is 18.8. The fourth-order valence-corrected chi connectivity index (χ4v) is 4.35. The van der Waals surface area contributed by atoms with Crippen LogP contribution in [-0.4, -0.2) is 16.6 Å². The summed E-state index contributed by atoms with van der Waals surface area (Å²) in [4.78, 5) is 16.6. The van der Waals surface area contributed by atoms with Crippen LogP contribution in [0.2, 0.25) is 0 Å². The highest BCUT2D eigenvalue weighted by Crippen LogP contribution is 2.36. The van der Waals surface area contributed by atoms with Crippen molar-refractivity contribution in [2.24, 2.45) is 0 Å². The molecule has 2 aromatic carbocycles. The van der Waals surface area contributed by atoms with Gasteiger partial charge in [-0.05, 0) is 41.7 Å². The van der Waals surface area contributed by atoms with Crippen LogP contribution in [0.5, 0.6) is 0 Å². The second-order valence-electron chi connectivity index (χ2n) is 7.94. The molecule has 0 atom stereocenters. The average molecular weight is 456 g/mol. The zero-order chi connectivity index (χ0) is 24.0. The van der Waals surface area contributed by atoms with Gasteiger partial charge in [0.2, 0.25) is 5.91 Å². The molecule has 0 radical (unpaired) electrons. The SMILES string of the molecule is Cc1cccc(NC(=O)CCSc2nc(N)c(C#N)c(-c3ccc(C(C)C)cc3)c2C#N)c1. The number of carbonyl (C=O) groups is 1. The van der Waals surface area contributed by atoms with Gasteiger partial charge in [0.25, 0.3) is 0 Å². The maximum absolute atomic E-state index is 12.3. The Balaban J connectivity index is 1.83. The van der Waals surface area contributed by atoms with Crippen LogP contribution in [0.15, 0.2) is 53.6 Å². The Bertz CT molecular complexity index is 1250. The number of aromatic nitrogens is 1. The van der Waals surface area contributed by atoms with E-state index in [1.165, 1.54) is 11.8 Å². The van der Waals surface area contributed by atoms with E-state index < -0.39 is 0 Å². The summed E-state index contributed by atoms with van der Waals surface area (Å²) in [7, 11) is 0. The molecule has 0 unspecified atom stereocenters. The van der Waals surface area contributed by atoms with Crippen LogP contribution in [0.3, 0.4) is 0 Å². The third kappa shape index (κ3) is 5.71. The van der Waals surface area contributed by atoms with Crippen molar-refractivity contribution in [2.45, 2.75) is 38.1 Å².